The predicted octanol–water partition coefficient (Wildman–Crippen LogP) is 2.36. The van der Waals surface area contributed by atoms with E-state index in [4.69, 9.17) is 9.47 Å². The number of nitrogens with one attached hydrogen (secondary N) is 1. The lowest BCUT2D eigenvalue weighted by Gasteiger charge is -2.19. The topological polar surface area (TPSA) is 47.6 Å². The Bertz CT molecular complexity index is 432. The molecule has 0 bridgehead atoms. The summed E-state index contributed by atoms with van der Waals surface area (Å²) in [5.41, 5.74) is 0.596. The van der Waals surface area contributed by atoms with Gasteiger partial charge in [-0.25, -0.2) is 0 Å². The van der Waals surface area contributed by atoms with Crippen LogP contribution in [-0.4, -0.2) is 30.5 Å². The molecule has 1 aromatic rings. The van der Waals surface area contributed by atoms with E-state index in [-0.39, 0.29) is 11.9 Å². The molecule has 1 aliphatic rings. The predicted molar refractivity (Wildman–Crippen MR) is 72.8 cm³/mol. The molecular formula is C13H16BrNO3. The fourth-order valence-corrected chi connectivity index (χ4v) is 2.32. The maximum absolute atomic E-state index is 12.0. The first-order chi connectivity index (χ1) is 8.74. The summed E-state index contributed by atoms with van der Waals surface area (Å²) in [5.74, 6) is 1.25. The molecule has 1 amide bonds. The van der Waals surface area contributed by atoms with Crippen LogP contribution in [0.25, 0.3) is 0 Å². The molecule has 1 atom stereocenters. The van der Waals surface area contributed by atoms with Gasteiger partial charge in [0.25, 0.3) is 5.91 Å². The molecule has 1 unspecified atom stereocenters. The second-order valence-corrected chi connectivity index (χ2v) is 4.74. The third-order valence-electron chi connectivity index (χ3n) is 2.82. The van der Waals surface area contributed by atoms with E-state index in [1.807, 2.05) is 6.92 Å². The summed E-state index contributed by atoms with van der Waals surface area (Å²) in [5, 5.41) is 3.71. The second kappa shape index (κ2) is 6.09. The minimum absolute atomic E-state index is 0.0849. The van der Waals surface area contributed by atoms with Crippen molar-refractivity contribution in [3.05, 3.63) is 23.8 Å². The second-order valence-electron chi connectivity index (χ2n) is 4.09. The van der Waals surface area contributed by atoms with Crippen LogP contribution in [-0.2, 0) is 0 Å². The van der Waals surface area contributed by atoms with Crippen molar-refractivity contribution in [2.24, 2.45) is 0 Å². The lowest BCUT2D eigenvalue weighted by Crippen LogP contribution is -2.35. The molecule has 0 spiro atoms. The number of carbonyl (C=O) groups excluding carboxylic acids is 1. The zero-order valence-electron chi connectivity index (χ0n) is 10.2. The Kier molecular flexibility index (Phi) is 4.47. The number of benzene rings is 1. The molecule has 1 N–H and O–H groups in total. The standard InChI is InChI=1S/C13H16BrNO3/c1-2-10(8-14)15-13(16)9-3-4-11-12(7-9)18-6-5-17-11/h3-4,7,10H,2,5-6,8H2,1H3,(H,15,16). The first-order valence-corrected chi connectivity index (χ1v) is 7.13. The summed E-state index contributed by atoms with van der Waals surface area (Å²) in [7, 11) is 0. The van der Waals surface area contributed by atoms with Crippen LogP contribution in [0.15, 0.2) is 18.2 Å². The van der Waals surface area contributed by atoms with Crippen molar-refractivity contribution in [1.82, 2.24) is 5.32 Å². The summed E-state index contributed by atoms with van der Waals surface area (Å²) in [6, 6.07) is 5.40. The van der Waals surface area contributed by atoms with Gasteiger partial charge in [-0.2, -0.15) is 0 Å². The van der Waals surface area contributed by atoms with E-state index in [1.54, 1.807) is 18.2 Å². The van der Waals surface area contributed by atoms with Crippen LogP contribution in [0.3, 0.4) is 0 Å². The maximum Gasteiger partial charge on any atom is 0.251 e. The highest BCUT2D eigenvalue weighted by atomic mass is 79.9. The first kappa shape index (κ1) is 13.2. The van der Waals surface area contributed by atoms with Crippen molar-refractivity contribution in [3.8, 4) is 11.5 Å². The molecule has 0 aromatic heterocycles. The molecule has 5 heteroatoms. The summed E-state index contributed by atoms with van der Waals surface area (Å²) >= 11 is 3.38. The van der Waals surface area contributed by atoms with Crippen molar-refractivity contribution in [2.45, 2.75) is 19.4 Å². The molecule has 1 aromatic carbocycles. The van der Waals surface area contributed by atoms with Crippen LogP contribution in [0.4, 0.5) is 0 Å². The molecule has 1 aliphatic heterocycles. The molecule has 2 rings (SSSR count). The van der Waals surface area contributed by atoms with E-state index in [0.717, 1.165) is 11.8 Å². The Morgan fingerprint density at radius 3 is 2.78 bits per heavy atom. The van der Waals surface area contributed by atoms with Gasteiger partial charge in [0.1, 0.15) is 13.2 Å². The number of hydrogen-bond acceptors (Lipinski definition) is 3. The molecule has 4 nitrogen and oxygen atoms in total. The van der Waals surface area contributed by atoms with Crippen molar-refractivity contribution < 1.29 is 14.3 Å². The number of ether oxygens (including phenoxy) is 2. The third kappa shape index (κ3) is 2.96. The zero-order chi connectivity index (χ0) is 13.0. The highest BCUT2D eigenvalue weighted by Gasteiger charge is 2.16. The van der Waals surface area contributed by atoms with Gasteiger partial charge in [0.05, 0.1) is 0 Å². The Labute approximate surface area is 115 Å². The van der Waals surface area contributed by atoms with Gasteiger partial charge < -0.3 is 14.8 Å². The monoisotopic (exact) mass is 313 g/mol. The minimum atomic E-state index is -0.0849. The Morgan fingerprint density at radius 2 is 2.11 bits per heavy atom. The summed E-state index contributed by atoms with van der Waals surface area (Å²) < 4.78 is 10.9. The SMILES string of the molecule is CCC(CBr)NC(=O)c1ccc2c(c1)OCCO2. The van der Waals surface area contributed by atoms with E-state index < -0.39 is 0 Å². The molecule has 0 radical (unpaired) electrons. The van der Waals surface area contributed by atoms with Gasteiger partial charge in [-0.1, -0.05) is 22.9 Å². The average molecular weight is 314 g/mol. The van der Waals surface area contributed by atoms with Crippen LogP contribution in [0, 0.1) is 0 Å². The molecular weight excluding hydrogens is 298 g/mol. The third-order valence-corrected chi connectivity index (χ3v) is 3.60. The first-order valence-electron chi connectivity index (χ1n) is 6.01. The van der Waals surface area contributed by atoms with Crippen molar-refractivity contribution in [3.63, 3.8) is 0 Å². The molecule has 0 aliphatic carbocycles. The van der Waals surface area contributed by atoms with Crippen LogP contribution in [0.2, 0.25) is 0 Å². The lowest BCUT2D eigenvalue weighted by molar-refractivity contribution is 0.0939. The van der Waals surface area contributed by atoms with Gasteiger partial charge in [0, 0.05) is 16.9 Å². The number of hydrogen-bond donors (Lipinski definition) is 1. The van der Waals surface area contributed by atoms with Crippen molar-refractivity contribution in [1.29, 1.82) is 0 Å². The van der Waals surface area contributed by atoms with Gasteiger partial charge in [0.15, 0.2) is 11.5 Å². The molecule has 0 fully saturated rings. The maximum atomic E-state index is 12.0. The number of halogens is 1. The number of amides is 1. The van der Waals surface area contributed by atoms with Gasteiger partial charge in [-0.05, 0) is 24.6 Å². The summed E-state index contributed by atoms with van der Waals surface area (Å²) in [4.78, 5) is 12.0. The number of fused-ring (bicyclic) bond motifs is 1. The highest BCUT2D eigenvalue weighted by Crippen LogP contribution is 2.30. The number of alkyl halides is 1. The summed E-state index contributed by atoms with van der Waals surface area (Å²) in [6.07, 6.45) is 0.890. The van der Waals surface area contributed by atoms with Crippen LogP contribution >= 0.6 is 15.9 Å². The average Bonchev–Trinajstić information content (AvgIpc) is 2.44. The van der Waals surface area contributed by atoms with E-state index in [1.165, 1.54) is 0 Å². The van der Waals surface area contributed by atoms with Gasteiger partial charge in [-0.3, -0.25) is 4.79 Å². The van der Waals surface area contributed by atoms with Crippen LogP contribution in [0.1, 0.15) is 23.7 Å². The smallest absolute Gasteiger partial charge is 0.251 e. The fraction of sp³-hybridized carbons (Fsp3) is 0.462. The molecule has 0 saturated carbocycles. The van der Waals surface area contributed by atoms with Gasteiger partial charge in [0.2, 0.25) is 0 Å². The van der Waals surface area contributed by atoms with Gasteiger partial charge >= 0.3 is 0 Å². The number of carbonyl (C=O) groups is 1. The lowest BCUT2D eigenvalue weighted by atomic mass is 10.1. The van der Waals surface area contributed by atoms with Crippen LogP contribution in [0.5, 0.6) is 11.5 Å². The minimum Gasteiger partial charge on any atom is -0.486 e. The molecule has 0 saturated heterocycles. The van der Waals surface area contributed by atoms with Crippen LogP contribution < -0.4 is 14.8 Å². The fourth-order valence-electron chi connectivity index (χ4n) is 1.70. The largest absolute Gasteiger partial charge is 0.486 e. The quantitative estimate of drug-likeness (QED) is 0.868. The molecule has 1 heterocycles. The molecule has 18 heavy (non-hydrogen) atoms. The number of rotatable bonds is 4. The van der Waals surface area contributed by atoms with E-state index >= 15 is 0 Å². The Hall–Kier alpha value is -1.23. The van der Waals surface area contributed by atoms with E-state index in [2.05, 4.69) is 21.2 Å². The van der Waals surface area contributed by atoms with Crippen molar-refractivity contribution in [2.75, 3.05) is 18.5 Å². The Balaban J connectivity index is 2.11. The van der Waals surface area contributed by atoms with E-state index in [9.17, 15) is 4.79 Å². The zero-order valence-corrected chi connectivity index (χ0v) is 11.8. The van der Waals surface area contributed by atoms with E-state index in [0.29, 0.717) is 30.3 Å². The van der Waals surface area contributed by atoms with Gasteiger partial charge in [-0.15, -0.1) is 0 Å². The highest BCUT2D eigenvalue weighted by molar-refractivity contribution is 9.09. The molecule has 98 valence electrons. The normalized spacial score (nSPS) is 15.0. The summed E-state index contributed by atoms with van der Waals surface area (Å²) in [6.45, 7) is 3.12. The Morgan fingerprint density at radius 1 is 1.39 bits per heavy atom. The van der Waals surface area contributed by atoms with Crippen molar-refractivity contribution >= 4 is 21.8 Å².